The molecule has 0 radical (unpaired) electrons. The molecule has 0 aliphatic rings. The zero-order valence-electron chi connectivity index (χ0n) is 10.5. The number of aryl methyl sites for hydroxylation is 1. The van der Waals surface area contributed by atoms with Gasteiger partial charge in [0, 0.05) is 30.3 Å². The summed E-state index contributed by atoms with van der Waals surface area (Å²) >= 11 is 6.15. The van der Waals surface area contributed by atoms with Crippen molar-refractivity contribution in [3.63, 3.8) is 0 Å². The Hall–Kier alpha value is -1.45. The van der Waals surface area contributed by atoms with Crippen LogP contribution in [0.1, 0.15) is 22.9 Å². The van der Waals surface area contributed by atoms with Gasteiger partial charge in [-0.3, -0.25) is 9.97 Å². The molecule has 0 aromatic carbocycles. The van der Waals surface area contributed by atoms with E-state index in [0.29, 0.717) is 5.02 Å². The first-order valence-electron chi connectivity index (χ1n) is 5.89. The summed E-state index contributed by atoms with van der Waals surface area (Å²) in [5.74, 6) is 0. The fourth-order valence-corrected chi connectivity index (χ4v) is 2.22. The SMILES string of the molecule is CNC(Cc1ccncc1Cl)c1cccnc1C. The fourth-order valence-electron chi connectivity index (χ4n) is 2.02. The fraction of sp³-hybridized carbons (Fsp3) is 0.286. The smallest absolute Gasteiger partial charge is 0.0622 e. The predicted octanol–water partition coefficient (Wildman–Crippen LogP) is 2.94. The van der Waals surface area contributed by atoms with E-state index in [9.17, 15) is 0 Å². The Morgan fingerprint density at radius 3 is 2.83 bits per heavy atom. The van der Waals surface area contributed by atoms with Crippen LogP contribution in [0.2, 0.25) is 5.02 Å². The molecule has 0 spiro atoms. The van der Waals surface area contributed by atoms with Crippen LogP contribution in [0.25, 0.3) is 0 Å². The molecule has 2 aromatic heterocycles. The van der Waals surface area contributed by atoms with Crippen molar-refractivity contribution in [2.24, 2.45) is 0 Å². The maximum Gasteiger partial charge on any atom is 0.0622 e. The lowest BCUT2D eigenvalue weighted by Gasteiger charge is -2.18. The van der Waals surface area contributed by atoms with Gasteiger partial charge in [-0.15, -0.1) is 0 Å². The summed E-state index contributed by atoms with van der Waals surface area (Å²) in [6.07, 6.45) is 6.08. The zero-order chi connectivity index (χ0) is 13.0. The summed E-state index contributed by atoms with van der Waals surface area (Å²) in [7, 11) is 1.95. The summed E-state index contributed by atoms with van der Waals surface area (Å²) in [6, 6.07) is 6.22. The Morgan fingerprint density at radius 1 is 1.33 bits per heavy atom. The van der Waals surface area contributed by atoms with Crippen molar-refractivity contribution in [3.8, 4) is 0 Å². The van der Waals surface area contributed by atoms with Gasteiger partial charge in [-0.2, -0.15) is 0 Å². The minimum Gasteiger partial charge on any atom is -0.313 e. The Kier molecular flexibility index (Phi) is 4.28. The van der Waals surface area contributed by atoms with Crippen molar-refractivity contribution in [1.29, 1.82) is 0 Å². The molecular formula is C14H16ClN3. The second-order valence-corrected chi connectivity index (χ2v) is 4.60. The molecule has 18 heavy (non-hydrogen) atoms. The Bertz CT molecular complexity index is 528. The Morgan fingerprint density at radius 2 is 2.17 bits per heavy atom. The van der Waals surface area contributed by atoms with Crippen LogP contribution in [0, 0.1) is 6.92 Å². The topological polar surface area (TPSA) is 37.8 Å². The largest absolute Gasteiger partial charge is 0.313 e. The molecule has 2 rings (SSSR count). The van der Waals surface area contributed by atoms with Crippen LogP contribution < -0.4 is 5.32 Å². The molecule has 94 valence electrons. The third-order valence-electron chi connectivity index (χ3n) is 3.05. The normalized spacial score (nSPS) is 12.4. The van der Waals surface area contributed by atoms with E-state index in [1.807, 2.05) is 32.3 Å². The number of nitrogens with one attached hydrogen (secondary N) is 1. The average molecular weight is 262 g/mol. The highest BCUT2D eigenvalue weighted by molar-refractivity contribution is 6.31. The molecule has 0 bridgehead atoms. The first kappa shape index (κ1) is 13.0. The number of nitrogens with zero attached hydrogens (tertiary/aromatic N) is 2. The molecule has 2 heterocycles. The minimum absolute atomic E-state index is 0.207. The molecule has 1 unspecified atom stereocenters. The van der Waals surface area contributed by atoms with Gasteiger partial charge < -0.3 is 5.32 Å². The molecule has 0 amide bonds. The molecule has 0 saturated carbocycles. The summed E-state index contributed by atoms with van der Waals surface area (Å²) < 4.78 is 0. The molecule has 0 fully saturated rings. The molecule has 0 aliphatic heterocycles. The van der Waals surface area contributed by atoms with Crippen molar-refractivity contribution in [2.45, 2.75) is 19.4 Å². The Balaban J connectivity index is 2.26. The van der Waals surface area contributed by atoms with Crippen molar-refractivity contribution >= 4 is 11.6 Å². The van der Waals surface area contributed by atoms with Crippen LogP contribution in [-0.2, 0) is 6.42 Å². The van der Waals surface area contributed by atoms with E-state index in [4.69, 9.17) is 11.6 Å². The van der Waals surface area contributed by atoms with Gasteiger partial charge in [0.15, 0.2) is 0 Å². The highest BCUT2D eigenvalue weighted by Crippen LogP contribution is 2.23. The number of aromatic nitrogens is 2. The molecule has 1 N–H and O–H groups in total. The van der Waals surface area contributed by atoms with Gasteiger partial charge >= 0.3 is 0 Å². The highest BCUT2D eigenvalue weighted by Gasteiger charge is 2.14. The van der Waals surface area contributed by atoms with E-state index in [1.54, 1.807) is 12.4 Å². The molecule has 3 nitrogen and oxygen atoms in total. The lowest BCUT2D eigenvalue weighted by Crippen LogP contribution is -2.20. The van der Waals surface area contributed by atoms with Gasteiger partial charge in [-0.05, 0) is 43.7 Å². The molecule has 0 saturated heterocycles. The Labute approximate surface area is 112 Å². The number of hydrogen-bond acceptors (Lipinski definition) is 3. The van der Waals surface area contributed by atoms with E-state index >= 15 is 0 Å². The maximum atomic E-state index is 6.15. The number of rotatable bonds is 4. The zero-order valence-corrected chi connectivity index (χ0v) is 11.3. The molecular weight excluding hydrogens is 246 g/mol. The number of likely N-dealkylation sites (N-methyl/N-ethyl adjacent to an activating group) is 1. The van der Waals surface area contributed by atoms with Gasteiger partial charge in [-0.1, -0.05) is 17.7 Å². The summed E-state index contributed by atoms with van der Waals surface area (Å²) in [6.45, 7) is 2.02. The predicted molar refractivity (Wildman–Crippen MR) is 73.7 cm³/mol. The van der Waals surface area contributed by atoms with E-state index in [2.05, 4.69) is 21.4 Å². The van der Waals surface area contributed by atoms with Crippen LogP contribution in [-0.4, -0.2) is 17.0 Å². The van der Waals surface area contributed by atoms with Gasteiger partial charge in [-0.25, -0.2) is 0 Å². The van der Waals surface area contributed by atoms with Gasteiger partial charge in [0.05, 0.1) is 5.02 Å². The van der Waals surface area contributed by atoms with Crippen LogP contribution in [0.15, 0.2) is 36.8 Å². The monoisotopic (exact) mass is 261 g/mol. The summed E-state index contributed by atoms with van der Waals surface area (Å²) in [5, 5.41) is 4.02. The van der Waals surface area contributed by atoms with Gasteiger partial charge in [0.1, 0.15) is 0 Å². The number of halogens is 1. The third-order valence-corrected chi connectivity index (χ3v) is 3.39. The molecule has 2 aromatic rings. The molecule has 1 atom stereocenters. The van der Waals surface area contributed by atoms with E-state index in [0.717, 1.165) is 17.7 Å². The first-order chi connectivity index (χ1) is 8.72. The first-order valence-corrected chi connectivity index (χ1v) is 6.27. The van der Waals surface area contributed by atoms with Crippen molar-refractivity contribution in [1.82, 2.24) is 15.3 Å². The maximum absolute atomic E-state index is 6.15. The number of pyridine rings is 2. The van der Waals surface area contributed by atoms with Crippen LogP contribution in [0.3, 0.4) is 0 Å². The van der Waals surface area contributed by atoms with Crippen LogP contribution >= 0.6 is 11.6 Å². The van der Waals surface area contributed by atoms with E-state index in [-0.39, 0.29) is 6.04 Å². The lowest BCUT2D eigenvalue weighted by atomic mass is 9.98. The summed E-state index contributed by atoms with van der Waals surface area (Å²) in [4.78, 5) is 8.33. The van der Waals surface area contributed by atoms with E-state index < -0.39 is 0 Å². The average Bonchev–Trinajstić information content (AvgIpc) is 2.39. The second-order valence-electron chi connectivity index (χ2n) is 4.19. The van der Waals surface area contributed by atoms with Crippen molar-refractivity contribution in [2.75, 3.05) is 7.05 Å². The third kappa shape index (κ3) is 2.86. The van der Waals surface area contributed by atoms with Crippen molar-refractivity contribution < 1.29 is 0 Å². The quantitative estimate of drug-likeness (QED) is 0.920. The highest BCUT2D eigenvalue weighted by atomic mass is 35.5. The molecule has 0 aliphatic carbocycles. The standard InChI is InChI=1S/C14H16ClN3/c1-10-12(4-3-6-18-10)14(16-2)8-11-5-7-17-9-13(11)15/h3-7,9,14,16H,8H2,1-2H3. The van der Waals surface area contributed by atoms with Crippen LogP contribution in [0.4, 0.5) is 0 Å². The van der Waals surface area contributed by atoms with Gasteiger partial charge in [0.2, 0.25) is 0 Å². The minimum atomic E-state index is 0.207. The lowest BCUT2D eigenvalue weighted by molar-refractivity contribution is 0.586. The van der Waals surface area contributed by atoms with Crippen molar-refractivity contribution in [3.05, 3.63) is 58.6 Å². The van der Waals surface area contributed by atoms with Crippen LogP contribution in [0.5, 0.6) is 0 Å². The molecule has 4 heteroatoms. The number of hydrogen-bond donors (Lipinski definition) is 1. The van der Waals surface area contributed by atoms with Gasteiger partial charge in [0.25, 0.3) is 0 Å². The second kappa shape index (κ2) is 5.94. The summed E-state index contributed by atoms with van der Waals surface area (Å²) in [5.41, 5.74) is 3.34. The van der Waals surface area contributed by atoms with E-state index in [1.165, 1.54) is 5.56 Å².